The lowest BCUT2D eigenvalue weighted by molar-refractivity contribution is 0.0780. The van der Waals surface area contributed by atoms with Gasteiger partial charge in [-0.2, -0.15) is 5.10 Å². The van der Waals surface area contributed by atoms with Crippen LogP contribution in [0.15, 0.2) is 10.9 Å². The Morgan fingerprint density at radius 3 is 2.88 bits per heavy atom. The van der Waals surface area contributed by atoms with Gasteiger partial charge in [-0.3, -0.25) is 14.7 Å². The van der Waals surface area contributed by atoms with Crippen LogP contribution in [0, 0.1) is 12.8 Å². The molecule has 0 radical (unpaired) electrons. The van der Waals surface area contributed by atoms with E-state index >= 15 is 0 Å². The molecule has 1 saturated heterocycles. The first-order valence-electron chi connectivity index (χ1n) is 8.88. The molecule has 2 aliphatic rings. The van der Waals surface area contributed by atoms with Gasteiger partial charge in [0.15, 0.2) is 0 Å². The van der Waals surface area contributed by atoms with Crippen molar-refractivity contribution in [1.82, 2.24) is 25.1 Å². The van der Waals surface area contributed by atoms with E-state index in [9.17, 15) is 9.59 Å². The lowest BCUT2D eigenvalue weighted by Gasteiger charge is -2.25. The molecule has 0 aromatic carbocycles. The van der Waals surface area contributed by atoms with E-state index < -0.39 is 0 Å². The largest absolute Gasteiger partial charge is 0.336 e. The molecule has 2 aromatic rings. The summed E-state index contributed by atoms with van der Waals surface area (Å²) in [6.45, 7) is 7.25. The molecule has 2 aromatic heterocycles. The van der Waals surface area contributed by atoms with Gasteiger partial charge in [0.05, 0.1) is 5.69 Å². The molecule has 1 fully saturated rings. The lowest BCUT2D eigenvalue weighted by atomic mass is 9.80. The van der Waals surface area contributed by atoms with Gasteiger partial charge in [-0.15, -0.1) is 0 Å². The number of hydrogen-bond donors (Lipinski definition) is 2. The second-order valence-electron chi connectivity index (χ2n) is 7.49. The van der Waals surface area contributed by atoms with Gasteiger partial charge in [0.1, 0.15) is 11.5 Å². The Labute approximate surface area is 145 Å². The van der Waals surface area contributed by atoms with Gasteiger partial charge in [-0.25, -0.2) is 4.98 Å². The molecule has 7 nitrogen and oxygen atoms in total. The summed E-state index contributed by atoms with van der Waals surface area (Å²) in [7, 11) is 0. The molecule has 0 bridgehead atoms. The normalized spacial score (nSPS) is 22.2. The van der Waals surface area contributed by atoms with E-state index in [4.69, 9.17) is 0 Å². The number of hydrogen-bond acceptors (Lipinski definition) is 4. The maximum atomic E-state index is 12.8. The quantitative estimate of drug-likeness (QED) is 0.869. The number of aromatic nitrogens is 4. The molecular weight excluding hydrogens is 318 g/mol. The summed E-state index contributed by atoms with van der Waals surface area (Å²) in [5.74, 6) is 1.43. The number of nitrogens with one attached hydrogen (secondary N) is 2. The number of fused-ring (bicyclic) bond motifs is 3. The predicted octanol–water partition coefficient (Wildman–Crippen LogP) is 1.73. The van der Waals surface area contributed by atoms with E-state index in [1.165, 1.54) is 0 Å². The highest BCUT2D eigenvalue weighted by molar-refractivity contribution is 5.92. The number of carbonyl (C=O) groups is 1. The molecule has 1 aliphatic heterocycles. The first-order chi connectivity index (χ1) is 11.9. The Hall–Kier alpha value is -2.44. The Kier molecular flexibility index (Phi) is 3.74. The highest BCUT2D eigenvalue weighted by Gasteiger charge is 2.41. The van der Waals surface area contributed by atoms with Crippen molar-refractivity contribution < 1.29 is 4.79 Å². The van der Waals surface area contributed by atoms with Crippen LogP contribution in [0.2, 0.25) is 0 Å². The molecule has 25 heavy (non-hydrogen) atoms. The molecule has 132 valence electrons. The van der Waals surface area contributed by atoms with E-state index in [1.54, 1.807) is 6.92 Å². The lowest BCUT2D eigenvalue weighted by Crippen LogP contribution is -2.29. The van der Waals surface area contributed by atoms with Crippen LogP contribution in [0.5, 0.6) is 0 Å². The summed E-state index contributed by atoms with van der Waals surface area (Å²) in [6, 6.07) is 1.84. The van der Waals surface area contributed by atoms with Crippen molar-refractivity contribution in [2.24, 2.45) is 5.92 Å². The number of carbonyl (C=O) groups excluding carboxylic acids is 1. The van der Waals surface area contributed by atoms with Crippen molar-refractivity contribution in [3.63, 3.8) is 0 Å². The van der Waals surface area contributed by atoms with Crippen LogP contribution in [0.1, 0.15) is 65.4 Å². The minimum Gasteiger partial charge on any atom is -0.336 e. The number of amides is 1. The summed E-state index contributed by atoms with van der Waals surface area (Å²) in [5, 5.41) is 7.13. The fourth-order valence-corrected chi connectivity index (χ4v) is 4.05. The van der Waals surface area contributed by atoms with Crippen LogP contribution in [-0.4, -0.2) is 44.1 Å². The minimum atomic E-state index is -0.0411. The number of rotatable bonds is 2. The van der Waals surface area contributed by atoms with E-state index in [0.29, 0.717) is 36.4 Å². The molecule has 3 heterocycles. The van der Waals surface area contributed by atoms with Gasteiger partial charge in [-0.1, -0.05) is 13.8 Å². The monoisotopic (exact) mass is 341 g/mol. The van der Waals surface area contributed by atoms with Crippen LogP contribution in [0.25, 0.3) is 0 Å². The van der Waals surface area contributed by atoms with Gasteiger partial charge < -0.3 is 9.88 Å². The van der Waals surface area contributed by atoms with Crippen molar-refractivity contribution in [2.45, 2.75) is 45.4 Å². The summed E-state index contributed by atoms with van der Waals surface area (Å²) < 4.78 is 0. The molecule has 0 saturated carbocycles. The van der Waals surface area contributed by atoms with Crippen LogP contribution in [-0.2, 0) is 6.42 Å². The van der Waals surface area contributed by atoms with Gasteiger partial charge in [0.25, 0.3) is 11.5 Å². The van der Waals surface area contributed by atoms with Gasteiger partial charge in [0.2, 0.25) is 0 Å². The Morgan fingerprint density at radius 2 is 2.16 bits per heavy atom. The zero-order valence-corrected chi connectivity index (χ0v) is 14.8. The van der Waals surface area contributed by atoms with Crippen molar-refractivity contribution in [3.8, 4) is 0 Å². The molecule has 4 rings (SSSR count). The molecule has 0 unspecified atom stereocenters. The van der Waals surface area contributed by atoms with Crippen molar-refractivity contribution in [1.29, 1.82) is 0 Å². The summed E-state index contributed by atoms with van der Waals surface area (Å²) in [6.07, 6.45) is 1.66. The topological polar surface area (TPSA) is 94.7 Å². The smallest absolute Gasteiger partial charge is 0.274 e. The highest BCUT2D eigenvalue weighted by atomic mass is 16.2. The van der Waals surface area contributed by atoms with Crippen LogP contribution >= 0.6 is 0 Å². The van der Waals surface area contributed by atoms with Crippen LogP contribution in [0.3, 0.4) is 0 Å². The van der Waals surface area contributed by atoms with Crippen molar-refractivity contribution >= 4 is 5.91 Å². The molecule has 0 spiro atoms. The SMILES string of the molecule is Cc1nc2c(c(=O)[nH]1)CC[C@@H]1CN(C(=O)c3cc(C(C)C)[nH]n3)C[C@H]21. The van der Waals surface area contributed by atoms with Crippen molar-refractivity contribution in [3.05, 3.63) is 44.9 Å². The third kappa shape index (κ3) is 2.67. The fraction of sp³-hybridized carbons (Fsp3) is 0.556. The third-order valence-electron chi connectivity index (χ3n) is 5.45. The minimum absolute atomic E-state index is 0.0281. The standard InChI is InChI=1S/C18H23N5O2/c1-9(2)14-6-15(22-21-14)18(25)23-7-11-4-5-12-16(13(11)8-23)19-10(3)20-17(12)24/h6,9,11,13H,4-5,7-8H2,1-3H3,(H,21,22)(H,19,20,24)/t11-,13+/m1/s1. The summed E-state index contributed by atoms with van der Waals surface area (Å²) in [5.41, 5.74) is 3.09. The van der Waals surface area contributed by atoms with E-state index in [1.807, 2.05) is 11.0 Å². The number of aromatic amines is 2. The van der Waals surface area contributed by atoms with Crippen molar-refractivity contribution in [2.75, 3.05) is 13.1 Å². The highest BCUT2D eigenvalue weighted by Crippen LogP contribution is 2.39. The van der Waals surface area contributed by atoms with Gasteiger partial charge >= 0.3 is 0 Å². The number of nitrogens with zero attached hydrogens (tertiary/aromatic N) is 3. The number of H-pyrrole nitrogens is 2. The van der Waals surface area contributed by atoms with E-state index in [2.05, 4.69) is 34.0 Å². The predicted molar refractivity (Wildman–Crippen MR) is 92.7 cm³/mol. The van der Waals surface area contributed by atoms with E-state index in [0.717, 1.165) is 29.8 Å². The Morgan fingerprint density at radius 1 is 1.36 bits per heavy atom. The zero-order chi connectivity index (χ0) is 17.7. The first kappa shape index (κ1) is 16.1. The Bertz CT molecular complexity index is 882. The Balaban J connectivity index is 1.60. The average Bonchev–Trinajstić information content (AvgIpc) is 3.21. The van der Waals surface area contributed by atoms with Gasteiger partial charge in [0, 0.05) is 30.3 Å². The average molecular weight is 341 g/mol. The second kappa shape index (κ2) is 5.82. The number of likely N-dealkylation sites (tertiary alicyclic amines) is 1. The molecule has 1 amide bonds. The van der Waals surface area contributed by atoms with Crippen LogP contribution < -0.4 is 5.56 Å². The van der Waals surface area contributed by atoms with Gasteiger partial charge in [-0.05, 0) is 37.7 Å². The van der Waals surface area contributed by atoms with E-state index in [-0.39, 0.29) is 17.4 Å². The molecular formula is C18H23N5O2. The molecule has 2 N–H and O–H groups in total. The summed E-state index contributed by atoms with van der Waals surface area (Å²) >= 11 is 0. The zero-order valence-electron chi connectivity index (χ0n) is 14.8. The second-order valence-corrected chi connectivity index (χ2v) is 7.49. The van der Waals surface area contributed by atoms with Crippen LogP contribution in [0.4, 0.5) is 0 Å². The first-order valence-corrected chi connectivity index (χ1v) is 8.88. The fourth-order valence-electron chi connectivity index (χ4n) is 4.05. The molecule has 1 aliphatic carbocycles. The molecule has 2 atom stereocenters. The third-order valence-corrected chi connectivity index (χ3v) is 5.45. The maximum absolute atomic E-state index is 12.8. The number of aryl methyl sites for hydroxylation is 1. The maximum Gasteiger partial charge on any atom is 0.274 e. The summed E-state index contributed by atoms with van der Waals surface area (Å²) in [4.78, 5) is 34.3. The molecule has 7 heteroatoms.